The van der Waals surface area contributed by atoms with Crippen molar-refractivity contribution in [3.05, 3.63) is 64.2 Å². The monoisotopic (exact) mass is 282 g/mol. The quantitative estimate of drug-likeness (QED) is 0.669. The number of hydrazine groups is 1. The summed E-state index contributed by atoms with van der Waals surface area (Å²) in [4.78, 5) is 0. The molecule has 0 aliphatic carbocycles. The number of aryl methyl sites for hydroxylation is 2. The molecule has 0 saturated carbocycles. The predicted octanol–water partition coefficient (Wildman–Crippen LogP) is 2.99. The fourth-order valence-electron chi connectivity index (χ4n) is 3.20. The van der Waals surface area contributed by atoms with Crippen molar-refractivity contribution < 1.29 is 4.74 Å². The van der Waals surface area contributed by atoms with E-state index in [2.05, 4.69) is 55.7 Å². The van der Waals surface area contributed by atoms with E-state index in [1.165, 1.54) is 22.3 Å². The third-order valence-electron chi connectivity index (χ3n) is 4.04. The van der Waals surface area contributed by atoms with Crippen LogP contribution in [-0.2, 0) is 12.8 Å². The maximum Gasteiger partial charge on any atom is 0.127 e. The first-order valence-electron chi connectivity index (χ1n) is 7.45. The summed E-state index contributed by atoms with van der Waals surface area (Å²) in [5.74, 6) is 6.84. The summed E-state index contributed by atoms with van der Waals surface area (Å²) in [6, 6.07) is 13.0. The molecule has 2 aromatic carbocycles. The molecule has 0 spiro atoms. The number of rotatable bonds is 4. The summed E-state index contributed by atoms with van der Waals surface area (Å²) in [5, 5.41) is 0. The van der Waals surface area contributed by atoms with Gasteiger partial charge >= 0.3 is 0 Å². The number of nitrogens with one attached hydrogen (secondary N) is 1. The van der Waals surface area contributed by atoms with E-state index in [4.69, 9.17) is 10.6 Å². The SMILES string of the molecule is Cc1cc(C)cc(CC(NN)c2cccc3c2OCC3)c1. The third-order valence-corrected chi connectivity index (χ3v) is 4.04. The first kappa shape index (κ1) is 14.1. The fourth-order valence-corrected chi connectivity index (χ4v) is 3.20. The molecule has 3 nitrogen and oxygen atoms in total. The van der Waals surface area contributed by atoms with E-state index in [-0.39, 0.29) is 6.04 Å². The van der Waals surface area contributed by atoms with Crippen LogP contribution in [0.15, 0.2) is 36.4 Å². The lowest BCUT2D eigenvalue weighted by atomic mass is 9.95. The maximum absolute atomic E-state index is 5.82. The van der Waals surface area contributed by atoms with Gasteiger partial charge in [-0.05, 0) is 31.4 Å². The molecule has 1 aliphatic heterocycles. The van der Waals surface area contributed by atoms with E-state index in [0.29, 0.717) is 0 Å². The Morgan fingerprint density at radius 2 is 1.95 bits per heavy atom. The van der Waals surface area contributed by atoms with Gasteiger partial charge in [-0.25, -0.2) is 0 Å². The van der Waals surface area contributed by atoms with E-state index in [1.54, 1.807) is 0 Å². The van der Waals surface area contributed by atoms with E-state index < -0.39 is 0 Å². The van der Waals surface area contributed by atoms with Gasteiger partial charge in [0.1, 0.15) is 5.75 Å². The van der Waals surface area contributed by atoms with E-state index in [9.17, 15) is 0 Å². The van der Waals surface area contributed by atoms with Crippen molar-refractivity contribution in [2.75, 3.05) is 6.61 Å². The molecular formula is C18H22N2O. The Morgan fingerprint density at radius 3 is 2.67 bits per heavy atom. The molecule has 3 N–H and O–H groups in total. The van der Waals surface area contributed by atoms with Crippen LogP contribution in [-0.4, -0.2) is 6.61 Å². The first-order valence-corrected chi connectivity index (χ1v) is 7.45. The van der Waals surface area contributed by atoms with Gasteiger partial charge in [-0.3, -0.25) is 11.3 Å². The molecular weight excluding hydrogens is 260 g/mol. The zero-order valence-corrected chi connectivity index (χ0v) is 12.6. The summed E-state index contributed by atoms with van der Waals surface area (Å²) in [5.41, 5.74) is 9.27. The van der Waals surface area contributed by atoms with Gasteiger partial charge in [-0.15, -0.1) is 0 Å². The second-order valence-corrected chi connectivity index (χ2v) is 5.85. The Morgan fingerprint density at radius 1 is 1.19 bits per heavy atom. The molecule has 0 aromatic heterocycles. The molecule has 1 heterocycles. The molecule has 0 radical (unpaired) electrons. The van der Waals surface area contributed by atoms with Gasteiger partial charge in [0.2, 0.25) is 0 Å². The molecule has 0 saturated heterocycles. The van der Waals surface area contributed by atoms with Crippen LogP contribution in [0.1, 0.15) is 33.9 Å². The Hall–Kier alpha value is -1.84. The van der Waals surface area contributed by atoms with E-state index >= 15 is 0 Å². The van der Waals surface area contributed by atoms with Crippen LogP contribution in [0, 0.1) is 13.8 Å². The summed E-state index contributed by atoms with van der Waals surface area (Å²) in [6.45, 7) is 5.03. The Bertz CT molecular complexity index is 631. The van der Waals surface area contributed by atoms with Gasteiger partial charge < -0.3 is 4.74 Å². The second-order valence-electron chi connectivity index (χ2n) is 5.85. The molecule has 21 heavy (non-hydrogen) atoms. The van der Waals surface area contributed by atoms with Crippen molar-refractivity contribution in [1.29, 1.82) is 0 Å². The van der Waals surface area contributed by atoms with Gasteiger partial charge in [0, 0.05) is 12.0 Å². The van der Waals surface area contributed by atoms with Crippen LogP contribution in [0.5, 0.6) is 5.75 Å². The minimum absolute atomic E-state index is 0.0687. The van der Waals surface area contributed by atoms with Gasteiger partial charge in [-0.1, -0.05) is 47.5 Å². The first-order chi connectivity index (χ1) is 10.2. The van der Waals surface area contributed by atoms with E-state index in [1.807, 2.05) is 0 Å². The molecule has 0 fully saturated rings. The van der Waals surface area contributed by atoms with Gasteiger partial charge in [0.15, 0.2) is 0 Å². The average molecular weight is 282 g/mol. The molecule has 1 atom stereocenters. The number of nitrogens with two attached hydrogens (primary N) is 1. The number of ether oxygens (including phenoxy) is 1. The predicted molar refractivity (Wildman–Crippen MR) is 85.3 cm³/mol. The largest absolute Gasteiger partial charge is 0.493 e. The summed E-state index contributed by atoms with van der Waals surface area (Å²) in [7, 11) is 0. The van der Waals surface area contributed by atoms with Gasteiger partial charge in [0.25, 0.3) is 0 Å². The van der Waals surface area contributed by atoms with E-state index in [0.717, 1.165) is 30.8 Å². The van der Waals surface area contributed by atoms with Crippen LogP contribution in [0.4, 0.5) is 0 Å². The highest BCUT2D eigenvalue weighted by atomic mass is 16.5. The molecule has 0 amide bonds. The Labute approximate surface area is 126 Å². The standard InChI is InChI=1S/C18H22N2O/c1-12-8-13(2)10-14(9-12)11-17(20-19)16-5-3-4-15-6-7-21-18(15)16/h3-5,8-10,17,20H,6-7,11,19H2,1-2H3. The molecule has 3 rings (SSSR count). The Balaban J connectivity index is 1.91. The number of para-hydroxylation sites is 1. The average Bonchev–Trinajstić information content (AvgIpc) is 2.92. The third kappa shape index (κ3) is 2.94. The maximum atomic E-state index is 5.82. The molecule has 1 unspecified atom stereocenters. The fraction of sp³-hybridized carbons (Fsp3) is 0.333. The normalized spacial score (nSPS) is 14.6. The smallest absolute Gasteiger partial charge is 0.127 e. The van der Waals surface area contributed by atoms with Crippen molar-refractivity contribution in [2.45, 2.75) is 32.7 Å². The lowest BCUT2D eigenvalue weighted by Gasteiger charge is -2.19. The molecule has 110 valence electrons. The highest BCUT2D eigenvalue weighted by molar-refractivity contribution is 5.46. The van der Waals surface area contributed by atoms with Crippen molar-refractivity contribution in [1.82, 2.24) is 5.43 Å². The Kier molecular flexibility index (Phi) is 3.95. The number of fused-ring (bicyclic) bond motifs is 1. The number of hydrogen-bond acceptors (Lipinski definition) is 3. The van der Waals surface area contributed by atoms with Crippen LogP contribution >= 0.6 is 0 Å². The molecule has 0 bridgehead atoms. The lowest BCUT2D eigenvalue weighted by Crippen LogP contribution is -2.30. The second kappa shape index (κ2) is 5.88. The zero-order valence-electron chi connectivity index (χ0n) is 12.6. The minimum Gasteiger partial charge on any atom is -0.493 e. The van der Waals surface area contributed by atoms with Crippen LogP contribution in [0.25, 0.3) is 0 Å². The molecule has 2 aromatic rings. The zero-order chi connectivity index (χ0) is 14.8. The highest BCUT2D eigenvalue weighted by Crippen LogP contribution is 2.34. The minimum atomic E-state index is 0.0687. The number of benzene rings is 2. The van der Waals surface area contributed by atoms with Crippen molar-refractivity contribution in [2.24, 2.45) is 5.84 Å². The van der Waals surface area contributed by atoms with Crippen LogP contribution in [0.3, 0.4) is 0 Å². The van der Waals surface area contributed by atoms with Crippen molar-refractivity contribution >= 4 is 0 Å². The summed E-state index contributed by atoms with van der Waals surface area (Å²) in [6.07, 6.45) is 1.85. The van der Waals surface area contributed by atoms with Gasteiger partial charge in [-0.2, -0.15) is 0 Å². The summed E-state index contributed by atoms with van der Waals surface area (Å²) < 4.78 is 5.80. The van der Waals surface area contributed by atoms with Crippen molar-refractivity contribution in [3.8, 4) is 5.75 Å². The van der Waals surface area contributed by atoms with Crippen LogP contribution < -0.4 is 16.0 Å². The highest BCUT2D eigenvalue weighted by Gasteiger charge is 2.21. The topological polar surface area (TPSA) is 47.3 Å². The lowest BCUT2D eigenvalue weighted by molar-refractivity contribution is 0.348. The summed E-state index contributed by atoms with van der Waals surface area (Å²) >= 11 is 0. The van der Waals surface area contributed by atoms with Crippen molar-refractivity contribution in [3.63, 3.8) is 0 Å². The van der Waals surface area contributed by atoms with Crippen LogP contribution in [0.2, 0.25) is 0 Å². The van der Waals surface area contributed by atoms with Gasteiger partial charge in [0.05, 0.1) is 12.6 Å². The molecule has 3 heteroatoms. The number of hydrogen-bond donors (Lipinski definition) is 2. The molecule has 1 aliphatic rings.